The van der Waals surface area contributed by atoms with Gasteiger partial charge in [0.1, 0.15) is 22.6 Å². The third-order valence-corrected chi connectivity index (χ3v) is 5.84. The maximum atomic E-state index is 12.7. The summed E-state index contributed by atoms with van der Waals surface area (Å²) in [5.74, 6) is 0.547. The van der Waals surface area contributed by atoms with Crippen LogP contribution in [0.1, 0.15) is 62.7 Å². The van der Waals surface area contributed by atoms with Gasteiger partial charge in [0, 0.05) is 5.69 Å². The first-order chi connectivity index (χ1) is 16.6. The predicted octanol–water partition coefficient (Wildman–Crippen LogP) is 6.07. The van der Waals surface area contributed by atoms with Crippen LogP contribution in [-0.4, -0.2) is 33.7 Å². The van der Waals surface area contributed by atoms with Crippen molar-refractivity contribution in [1.82, 2.24) is 14.5 Å². The van der Waals surface area contributed by atoms with Crippen molar-refractivity contribution < 1.29 is 14.3 Å². The number of nitrogens with zero attached hydrogens (tertiary/aromatic N) is 3. The summed E-state index contributed by atoms with van der Waals surface area (Å²) in [5, 5.41) is 0. The molecule has 2 aromatic carbocycles. The van der Waals surface area contributed by atoms with Gasteiger partial charge < -0.3 is 15.2 Å². The molecule has 2 N–H and O–H groups in total. The Balaban J connectivity index is 1.61. The molecule has 0 bridgehead atoms. The molecule has 34 heavy (non-hydrogen) atoms. The van der Waals surface area contributed by atoms with E-state index in [4.69, 9.17) is 25.2 Å². The fourth-order valence-electron chi connectivity index (χ4n) is 4.09. The highest BCUT2D eigenvalue weighted by Crippen LogP contribution is 2.32. The number of anilines is 1. The number of fused-ring (bicyclic) bond motifs is 2. The highest BCUT2D eigenvalue weighted by molar-refractivity contribution is 6.09. The SMILES string of the molecule is CCCCCCCCOc1ccc(-n2c(N)c(C(=O)OCC)c3nc4ccccc4nc32)cc1. The predicted molar refractivity (Wildman–Crippen MR) is 136 cm³/mol. The van der Waals surface area contributed by atoms with Gasteiger partial charge >= 0.3 is 5.97 Å². The first-order valence-electron chi connectivity index (χ1n) is 12.1. The third kappa shape index (κ3) is 4.98. The van der Waals surface area contributed by atoms with E-state index in [1.165, 1.54) is 32.1 Å². The van der Waals surface area contributed by atoms with E-state index < -0.39 is 5.97 Å². The number of nitrogens with two attached hydrogens (primary N) is 1. The zero-order valence-corrected chi connectivity index (χ0v) is 19.9. The normalized spacial score (nSPS) is 11.2. The van der Waals surface area contributed by atoms with Crippen LogP contribution in [-0.2, 0) is 4.74 Å². The quantitative estimate of drug-likeness (QED) is 0.216. The Labute approximate surface area is 199 Å². The largest absolute Gasteiger partial charge is 0.494 e. The van der Waals surface area contributed by atoms with E-state index in [0.29, 0.717) is 23.3 Å². The molecule has 0 aliphatic carbocycles. The second-order valence-electron chi connectivity index (χ2n) is 8.31. The molecule has 0 saturated carbocycles. The third-order valence-electron chi connectivity index (χ3n) is 5.84. The van der Waals surface area contributed by atoms with Crippen LogP contribution >= 0.6 is 0 Å². The van der Waals surface area contributed by atoms with Gasteiger partial charge in [-0.15, -0.1) is 0 Å². The smallest absolute Gasteiger partial charge is 0.344 e. The molecule has 2 aromatic heterocycles. The van der Waals surface area contributed by atoms with Crippen LogP contribution in [0.3, 0.4) is 0 Å². The van der Waals surface area contributed by atoms with Crippen molar-refractivity contribution in [3.63, 3.8) is 0 Å². The van der Waals surface area contributed by atoms with Gasteiger partial charge in [-0.2, -0.15) is 0 Å². The highest BCUT2D eigenvalue weighted by Gasteiger charge is 2.25. The van der Waals surface area contributed by atoms with Crippen LogP contribution in [0.5, 0.6) is 5.75 Å². The zero-order valence-electron chi connectivity index (χ0n) is 19.9. The molecule has 0 saturated heterocycles. The molecular weight excluding hydrogens is 428 g/mol. The number of nitrogen functional groups attached to an aromatic ring is 1. The fourth-order valence-corrected chi connectivity index (χ4v) is 4.09. The molecule has 4 aromatic rings. The minimum absolute atomic E-state index is 0.235. The Morgan fingerprint density at radius 1 is 0.912 bits per heavy atom. The second-order valence-corrected chi connectivity index (χ2v) is 8.31. The Hall–Kier alpha value is -3.61. The van der Waals surface area contributed by atoms with E-state index in [-0.39, 0.29) is 18.0 Å². The molecule has 0 atom stereocenters. The van der Waals surface area contributed by atoms with Crippen molar-refractivity contribution in [2.75, 3.05) is 18.9 Å². The highest BCUT2D eigenvalue weighted by atomic mass is 16.5. The van der Waals surface area contributed by atoms with Gasteiger partial charge in [0.25, 0.3) is 0 Å². The number of carbonyl (C=O) groups is 1. The number of benzene rings is 2. The lowest BCUT2D eigenvalue weighted by atomic mass is 10.1. The fraction of sp³-hybridized carbons (Fsp3) is 0.370. The number of ether oxygens (including phenoxy) is 2. The van der Waals surface area contributed by atoms with Gasteiger partial charge in [-0.1, -0.05) is 51.2 Å². The number of hydrogen-bond donors (Lipinski definition) is 1. The Bertz CT molecular complexity index is 1260. The Morgan fingerprint density at radius 3 is 2.29 bits per heavy atom. The van der Waals surface area contributed by atoms with E-state index in [9.17, 15) is 4.79 Å². The van der Waals surface area contributed by atoms with Crippen molar-refractivity contribution in [3.05, 3.63) is 54.1 Å². The van der Waals surface area contributed by atoms with Crippen molar-refractivity contribution >= 4 is 34.0 Å². The monoisotopic (exact) mass is 460 g/mol. The maximum Gasteiger partial charge on any atom is 0.344 e. The molecule has 0 aliphatic rings. The van der Waals surface area contributed by atoms with Crippen LogP contribution in [0.25, 0.3) is 27.9 Å². The number of carbonyl (C=O) groups excluding carboxylic acids is 1. The summed E-state index contributed by atoms with van der Waals surface area (Å²) in [6.45, 7) is 4.93. The van der Waals surface area contributed by atoms with Gasteiger partial charge in [0.2, 0.25) is 0 Å². The van der Waals surface area contributed by atoms with Gasteiger partial charge in [0.15, 0.2) is 5.65 Å². The number of esters is 1. The molecule has 0 aliphatic heterocycles. The minimum Gasteiger partial charge on any atom is -0.494 e. The Morgan fingerprint density at radius 2 is 1.59 bits per heavy atom. The summed E-state index contributed by atoms with van der Waals surface area (Å²) < 4.78 is 12.9. The number of hydrogen-bond acceptors (Lipinski definition) is 6. The van der Waals surface area contributed by atoms with Crippen LogP contribution in [0, 0.1) is 0 Å². The number of aromatic nitrogens is 3. The van der Waals surface area contributed by atoms with Crippen molar-refractivity contribution in [2.24, 2.45) is 0 Å². The molecule has 2 heterocycles. The lowest BCUT2D eigenvalue weighted by molar-refractivity contribution is 0.0529. The first-order valence-corrected chi connectivity index (χ1v) is 12.1. The summed E-state index contributed by atoms with van der Waals surface area (Å²) in [6.07, 6.45) is 7.35. The first kappa shape index (κ1) is 23.5. The molecule has 4 rings (SSSR count). The molecule has 178 valence electrons. The lowest BCUT2D eigenvalue weighted by Gasteiger charge is -2.10. The minimum atomic E-state index is -0.507. The standard InChI is InChI=1S/C27H32N4O3/c1-3-5-6-7-8-11-18-34-20-16-14-19(15-17-20)31-25(28)23(27(32)33-4-2)24-26(31)30-22-13-10-9-12-21(22)29-24/h9-10,12-17H,3-8,11,18,28H2,1-2H3. The number of unbranched alkanes of at least 4 members (excludes halogenated alkanes) is 5. The average molecular weight is 461 g/mol. The Kier molecular flexibility index (Phi) is 7.62. The number of para-hydroxylation sites is 2. The van der Waals surface area contributed by atoms with E-state index in [1.807, 2.05) is 48.5 Å². The molecule has 0 amide bonds. The van der Waals surface area contributed by atoms with Crippen LogP contribution in [0.4, 0.5) is 5.82 Å². The molecular formula is C27H32N4O3. The molecule has 7 nitrogen and oxygen atoms in total. The molecule has 0 spiro atoms. The topological polar surface area (TPSA) is 92.3 Å². The summed E-state index contributed by atoms with van der Waals surface area (Å²) in [7, 11) is 0. The van der Waals surface area contributed by atoms with Gasteiger partial charge in [0.05, 0.1) is 24.2 Å². The van der Waals surface area contributed by atoms with Gasteiger partial charge in [-0.25, -0.2) is 14.8 Å². The summed E-state index contributed by atoms with van der Waals surface area (Å²) >= 11 is 0. The summed E-state index contributed by atoms with van der Waals surface area (Å²) in [6, 6.07) is 15.2. The van der Waals surface area contributed by atoms with E-state index in [1.54, 1.807) is 11.5 Å². The van der Waals surface area contributed by atoms with Crippen LogP contribution in [0.15, 0.2) is 48.5 Å². The van der Waals surface area contributed by atoms with Crippen molar-refractivity contribution in [3.8, 4) is 11.4 Å². The van der Waals surface area contributed by atoms with Crippen molar-refractivity contribution in [2.45, 2.75) is 52.4 Å². The summed E-state index contributed by atoms with van der Waals surface area (Å²) in [4.78, 5) is 22.2. The van der Waals surface area contributed by atoms with Gasteiger partial charge in [-0.3, -0.25) is 4.57 Å². The summed E-state index contributed by atoms with van der Waals surface area (Å²) in [5.41, 5.74) is 9.85. The average Bonchev–Trinajstić information content (AvgIpc) is 3.13. The molecule has 7 heteroatoms. The number of rotatable bonds is 11. The van der Waals surface area contributed by atoms with Crippen LogP contribution in [0.2, 0.25) is 0 Å². The molecule has 0 radical (unpaired) electrons. The zero-order chi connectivity index (χ0) is 23.9. The lowest BCUT2D eigenvalue weighted by Crippen LogP contribution is -2.09. The molecule has 0 fully saturated rings. The molecule has 0 unspecified atom stereocenters. The van der Waals surface area contributed by atoms with E-state index in [0.717, 1.165) is 23.4 Å². The maximum absolute atomic E-state index is 12.7. The second kappa shape index (κ2) is 11.0. The van der Waals surface area contributed by atoms with Crippen molar-refractivity contribution in [1.29, 1.82) is 0 Å². The van der Waals surface area contributed by atoms with Crippen LogP contribution < -0.4 is 10.5 Å². The van der Waals surface area contributed by atoms with E-state index >= 15 is 0 Å². The van der Waals surface area contributed by atoms with E-state index in [2.05, 4.69) is 6.92 Å². The van der Waals surface area contributed by atoms with Gasteiger partial charge in [-0.05, 0) is 49.7 Å².